The zero-order valence-electron chi connectivity index (χ0n) is 24.7. The van der Waals surface area contributed by atoms with Crippen molar-refractivity contribution in [2.45, 2.75) is 33.1 Å². The van der Waals surface area contributed by atoms with Gasteiger partial charge in [-0.15, -0.1) is 0 Å². The lowest BCUT2D eigenvalue weighted by molar-refractivity contribution is 0.102. The van der Waals surface area contributed by atoms with Gasteiger partial charge in [0.15, 0.2) is 5.82 Å². The average Bonchev–Trinajstić information content (AvgIpc) is 2.97. The summed E-state index contributed by atoms with van der Waals surface area (Å²) >= 11 is -0.728. The molecule has 0 saturated carbocycles. The fourth-order valence-corrected chi connectivity index (χ4v) is 6.02. The van der Waals surface area contributed by atoms with Crippen LogP contribution in [0.5, 0.6) is 0 Å². The van der Waals surface area contributed by atoms with Crippen LogP contribution in [0.2, 0.25) is 0 Å². The Morgan fingerprint density at radius 2 is 1.64 bits per heavy atom. The van der Waals surface area contributed by atoms with Crippen LogP contribution in [-0.2, 0) is 23.6 Å². The highest BCUT2D eigenvalue weighted by atomic mass is 32.2. The number of aromatic nitrogens is 2. The average molecular weight is 584 g/mol. The molecule has 0 bridgehead atoms. The molecule has 0 unspecified atom stereocenters. The number of hydrogen-bond acceptors (Lipinski definition) is 6. The van der Waals surface area contributed by atoms with Gasteiger partial charge in [0.05, 0.1) is 18.8 Å². The van der Waals surface area contributed by atoms with Crippen LogP contribution in [0.3, 0.4) is 0 Å². The molecule has 1 amide bonds. The predicted octanol–water partition coefficient (Wildman–Crippen LogP) is 5.62. The quantitative estimate of drug-likeness (QED) is 0.286. The van der Waals surface area contributed by atoms with Crippen LogP contribution in [0.25, 0.3) is 11.3 Å². The SMILES string of the molecule is Cc1c(NC(=O)c2ccc(C(C)(C)C)cc2)cccc1-c1cn(C)c(=O)c(Nc2ccc(N3CC[S+]([O-])CC3)cc2)n1. The first-order valence-corrected chi connectivity index (χ1v) is 15.5. The van der Waals surface area contributed by atoms with Crippen molar-refractivity contribution in [3.63, 3.8) is 0 Å². The van der Waals surface area contributed by atoms with E-state index in [1.165, 1.54) is 10.1 Å². The third-order valence-corrected chi connectivity index (χ3v) is 8.89. The van der Waals surface area contributed by atoms with Gasteiger partial charge in [-0.25, -0.2) is 4.98 Å². The van der Waals surface area contributed by atoms with Gasteiger partial charge in [-0.1, -0.05) is 56.2 Å². The lowest BCUT2D eigenvalue weighted by Gasteiger charge is -2.30. The standard InChI is InChI=1S/C33H37N5O3S/c1-22-27(7-6-8-28(22)36-31(39)23-9-11-24(12-10-23)33(2,3)4)29-21-37(5)32(40)30(35-29)34-25-13-15-26(16-14-25)38-17-19-42(41)20-18-38/h6-16,21H,17-20H2,1-5H3,(H,34,35)(H,36,39). The van der Waals surface area contributed by atoms with Crippen LogP contribution in [0.1, 0.15) is 42.3 Å². The number of nitrogens with one attached hydrogen (secondary N) is 2. The van der Waals surface area contributed by atoms with Gasteiger partial charge in [0.1, 0.15) is 11.5 Å². The van der Waals surface area contributed by atoms with Crippen molar-refractivity contribution >= 4 is 40.0 Å². The first-order valence-electron chi connectivity index (χ1n) is 14.1. The minimum atomic E-state index is -0.728. The number of rotatable bonds is 6. The van der Waals surface area contributed by atoms with Crippen molar-refractivity contribution in [2.75, 3.05) is 40.1 Å². The van der Waals surface area contributed by atoms with Gasteiger partial charge in [0.2, 0.25) is 0 Å². The maximum Gasteiger partial charge on any atom is 0.293 e. The highest BCUT2D eigenvalue weighted by Crippen LogP contribution is 2.29. The molecule has 0 atom stereocenters. The topological polar surface area (TPSA) is 102 Å². The highest BCUT2D eigenvalue weighted by molar-refractivity contribution is 7.91. The molecule has 0 aliphatic carbocycles. The van der Waals surface area contributed by atoms with Gasteiger partial charge < -0.3 is 24.7 Å². The summed E-state index contributed by atoms with van der Waals surface area (Å²) < 4.78 is 13.2. The molecule has 2 heterocycles. The summed E-state index contributed by atoms with van der Waals surface area (Å²) in [6, 6.07) is 21.2. The van der Waals surface area contributed by atoms with E-state index in [0.29, 0.717) is 28.5 Å². The van der Waals surface area contributed by atoms with Crippen LogP contribution in [0, 0.1) is 6.92 Å². The minimum Gasteiger partial charge on any atom is -0.616 e. The molecule has 1 aliphatic rings. The van der Waals surface area contributed by atoms with E-state index in [4.69, 9.17) is 0 Å². The third kappa shape index (κ3) is 6.53. The van der Waals surface area contributed by atoms with Gasteiger partial charge in [0.25, 0.3) is 11.5 Å². The Kier molecular flexibility index (Phi) is 8.43. The number of benzene rings is 3. The van der Waals surface area contributed by atoms with Gasteiger partial charge in [-0.05, 0) is 65.9 Å². The Bertz CT molecular complexity index is 1630. The van der Waals surface area contributed by atoms with E-state index in [-0.39, 0.29) is 22.7 Å². The van der Waals surface area contributed by atoms with Gasteiger partial charge in [-0.3, -0.25) is 9.59 Å². The molecule has 1 aromatic heterocycles. The lowest BCUT2D eigenvalue weighted by Crippen LogP contribution is -2.40. The second-order valence-electron chi connectivity index (χ2n) is 11.7. The largest absolute Gasteiger partial charge is 0.616 e. The minimum absolute atomic E-state index is 0.0105. The molecule has 42 heavy (non-hydrogen) atoms. The zero-order chi connectivity index (χ0) is 30.0. The van der Waals surface area contributed by atoms with Gasteiger partial charge in [0, 0.05) is 41.4 Å². The number of hydrogen-bond donors (Lipinski definition) is 2. The number of amides is 1. The summed E-state index contributed by atoms with van der Waals surface area (Å²) in [5.74, 6) is 1.39. The van der Waals surface area contributed by atoms with Crippen molar-refractivity contribution in [3.05, 3.63) is 100.0 Å². The van der Waals surface area contributed by atoms with Crippen molar-refractivity contribution in [1.82, 2.24) is 9.55 Å². The Hall–Kier alpha value is -4.08. The fraction of sp³-hybridized carbons (Fsp3) is 0.303. The van der Waals surface area contributed by atoms with Crippen molar-refractivity contribution < 1.29 is 9.35 Å². The molecule has 3 aromatic carbocycles. The molecule has 4 aromatic rings. The monoisotopic (exact) mass is 583 g/mol. The van der Waals surface area contributed by atoms with E-state index < -0.39 is 11.2 Å². The predicted molar refractivity (Wildman–Crippen MR) is 173 cm³/mol. The number of carbonyl (C=O) groups is 1. The molecule has 1 fully saturated rings. The van der Waals surface area contributed by atoms with E-state index in [2.05, 4.69) is 41.3 Å². The van der Waals surface area contributed by atoms with Crippen LogP contribution in [0.4, 0.5) is 22.9 Å². The molecule has 1 aliphatic heterocycles. The summed E-state index contributed by atoms with van der Waals surface area (Å²) in [6.45, 7) is 9.90. The van der Waals surface area contributed by atoms with E-state index in [1.807, 2.05) is 73.7 Å². The normalized spacial score (nSPS) is 14.1. The van der Waals surface area contributed by atoms with E-state index >= 15 is 0 Å². The molecular weight excluding hydrogens is 546 g/mol. The second-order valence-corrected chi connectivity index (χ2v) is 13.4. The maximum atomic E-state index is 13.1. The highest BCUT2D eigenvalue weighted by Gasteiger charge is 2.20. The van der Waals surface area contributed by atoms with Gasteiger partial charge in [-0.2, -0.15) is 0 Å². The fourth-order valence-electron chi connectivity index (χ4n) is 4.97. The number of carbonyl (C=O) groups excluding carboxylic acids is 1. The second kappa shape index (κ2) is 12.0. The summed E-state index contributed by atoms with van der Waals surface area (Å²) in [6.07, 6.45) is 1.70. The van der Waals surface area contributed by atoms with Crippen LogP contribution < -0.4 is 21.1 Å². The Morgan fingerprint density at radius 3 is 2.29 bits per heavy atom. The molecule has 218 valence electrons. The summed E-state index contributed by atoms with van der Waals surface area (Å²) in [7, 11) is 1.70. The lowest BCUT2D eigenvalue weighted by atomic mass is 9.86. The third-order valence-electron chi connectivity index (χ3n) is 7.62. The first kappa shape index (κ1) is 29.4. The van der Waals surface area contributed by atoms with Crippen molar-refractivity contribution in [2.24, 2.45) is 7.05 Å². The Labute approximate surface area is 250 Å². The smallest absolute Gasteiger partial charge is 0.293 e. The van der Waals surface area contributed by atoms with Crippen LogP contribution in [0.15, 0.2) is 77.7 Å². The number of aryl methyl sites for hydroxylation is 1. The summed E-state index contributed by atoms with van der Waals surface area (Å²) in [5.41, 5.74) is 6.27. The molecule has 0 radical (unpaired) electrons. The van der Waals surface area contributed by atoms with Gasteiger partial charge >= 0.3 is 0 Å². The van der Waals surface area contributed by atoms with E-state index in [9.17, 15) is 14.1 Å². The Morgan fingerprint density at radius 1 is 0.976 bits per heavy atom. The zero-order valence-corrected chi connectivity index (χ0v) is 25.5. The number of nitrogens with zero attached hydrogens (tertiary/aromatic N) is 3. The van der Waals surface area contributed by atoms with E-state index in [1.54, 1.807) is 13.2 Å². The molecular formula is C33H37N5O3S. The van der Waals surface area contributed by atoms with Crippen LogP contribution >= 0.6 is 0 Å². The molecule has 0 spiro atoms. The molecule has 9 heteroatoms. The van der Waals surface area contributed by atoms with Crippen LogP contribution in [-0.4, -0.2) is 44.6 Å². The number of anilines is 4. The maximum absolute atomic E-state index is 13.1. The molecule has 1 saturated heterocycles. The molecule has 5 rings (SSSR count). The van der Waals surface area contributed by atoms with E-state index in [0.717, 1.165) is 35.6 Å². The van der Waals surface area contributed by atoms with Crippen molar-refractivity contribution in [1.29, 1.82) is 0 Å². The molecule has 8 nitrogen and oxygen atoms in total. The molecule has 2 N–H and O–H groups in total. The summed E-state index contributed by atoms with van der Waals surface area (Å²) in [5, 5.41) is 6.22. The first-order chi connectivity index (χ1) is 20.0. The van der Waals surface area contributed by atoms with Crippen molar-refractivity contribution in [3.8, 4) is 11.3 Å². The Balaban J connectivity index is 1.36. The summed E-state index contributed by atoms with van der Waals surface area (Å²) in [4.78, 5) is 33.0.